The molecule has 17 heavy (non-hydrogen) atoms. The minimum Gasteiger partial charge on any atom is -0.260 e. The number of nitrogens with two attached hydrogens (primary N) is 1. The Morgan fingerprint density at radius 3 is 2.82 bits per heavy atom. The fourth-order valence-corrected chi connectivity index (χ4v) is 2.74. The number of amidine groups is 1. The van der Waals surface area contributed by atoms with Crippen LogP contribution in [-0.2, 0) is 0 Å². The first-order valence-electron chi connectivity index (χ1n) is 4.90. The van der Waals surface area contributed by atoms with Gasteiger partial charge in [0, 0.05) is 11.3 Å². The highest BCUT2D eigenvalue weighted by molar-refractivity contribution is 8.14. The summed E-state index contributed by atoms with van der Waals surface area (Å²) >= 11 is 13.0. The minimum absolute atomic E-state index is 0.175. The Labute approximate surface area is 113 Å². The van der Waals surface area contributed by atoms with Crippen LogP contribution < -0.4 is 10.9 Å². The van der Waals surface area contributed by atoms with Gasteiger partial charge in [0.1, 0.15) is 10.7 Å². The Morgan fingerprint density at radius 1 is 1.47 bits per heavy atom. The zero-order valence-corrected chi connectivity index (χ0v) is 11.1. The molecule has 92 valence electrons. The van der Waals surface area contributed by atoms with Gasteiger partial charge >= 0.3 is 0 Å². The second-order valence-electron chi connectivity index (χ2n) is 3.36. The number of nitrogens with zero attached hydrogens (tertiary/aromatic N) is 2. The van der Waals surface area contributed by atoms with Gasteiger partial charge in [0.2, 0.25) is 0 Å². The zero-order chi connectivity index (χ0) is 12.4. The topological polar surface area (TPSA) is 41.6 Å². The van der Waals surface area contributed by atoms with Crippen LogP contribution in [0.3, 0.4) is 0 Å². The van der Waals surface area contributed by atoms with Crippen LogP contribution >= 0.6 is 35.0 Å². The third kappa shape index (κ3) is 2.68. The molecule has 0 saturated carbocycles. The summed E-state index contributed by atoms with van der Waals surface area (Å²) in [5, 5.41) is 1.97. The fourth-order valence-electron chi connectivity index (χ4n) is 1.52. The van der Waals surface area contributed by atoms with Crippen molar-refractivity contribution in [3.8, 4) is 0 Å². The van der Waals surface area contributed by atoms with E-state index >= 15 is 0 Å². The summed E-state index contributed by atoms with van der Waals surface area (Å²) in [7, 11) is 0. The van der Waals surface area contributed by atoms with Gasteiger partial charge in [-0.05, 0) is 12.1 Å². The van der Waals surface area contributed by atoms with Gasteiger partial charge in [-0.25, -0.2) is 10.2 Å². The summed E-state index contributed by atoms with van der Waals surface area (Å²) in [5.41, 5.74) is 0.613. The van der Waals surface area contributed by atoms with E-state index in [0.29, 0.717) is 17.4 Å². The van der Waals surface area contributed by atoms with E-state index in [9.17, 15) is 4.39 Å². The number of hydrogen-bond acceptors (Lipinski definition) is 4. The summed E-state index contributed by atoms with van der Waals surface area (Å²) in [6.07, 6.45) is 0. The molecule has 0 fully saturated rings. The second kappa shape index (κ2) is 5.44. The monoisotopic (exact) mass is 293 g/mol. The van der Waals surface area contributed by atoms with E-state index < -0.39 is 10.7 Å². The van der Waals surface area contributed by atoms with Crippen molar-refractivity contribution in [3.05, 3.63) is 29.6 Å². The van der Waals surface area contributed by atoms with Crippen LogP contribution in [-0.4, -0.2) is 17.5 Å². The van der Waals surface area contributed by atoms with Crippen LogP contribution in [0.1, 0.15) is 10.4 Å². The van der Waals surface area contributed by atoms with Gasteiger partial charge in [-0.15, -0.1) is 0 Å². The molecule has 0 bridgehead atoms. The molecular formula is C10H10Cl2FN3S. The van der Waals surface area contributed by atoms with Crippen LogP contribution in [0.25, 0.3) is 0 Å². The lowest BCUT2D eigenvalue weighted by Crippen LogP contribution is -2.35. The molecule has 2 rings (SSSR count). The molecule has 0 atom stereocenters. The maximum Gasteiger partial charge on any atom is 0.178 e. The van der Waals surface area contributed by atoms with Crippen LogP contribution in [0.15, 0.2) is 23.2 Å². The molecule has 0 aliphatic carbocycles. The Kier molecular flexibility index (Phi) is 4.14. The number of benzene rings is 1. The van der Waals surface area contributed by atoms with Gasteiger partial charge in [-0.2, -0.15) is 0 Å². The van der Waals surface area contributed by atoms with Gasteiger partial charge in [-0.3, -0.25) is 10.0 Å². The number of alkyl halides is 2. The van der Waals surface area contributed by atoms with E-state index in [1.165, 1.54) is 22.8 Å². The predicted octanol–water partition coefficient (Wildman–Crippen LogP) is 3.08. The zero-order valence-electron chi connectivity index (χ0n) is 8.74. The average molecular weight is 294 g/mol. The van der Waals surface area contributed by atoms with Crippen molar-refractivity contribution in [1.82, 2.24) is 0 Å². The van der Waals surface area contributed by atoms with Crippen molar-refractivity contribution in [3.63, 3.8) is 0 Å². The lowest BCUT2D eigenvalue weighted by Gasteiger charge is -2.21. The molecule has 0 spiro atoms. The number of anilines is 1. The summed E-state index contributed by atoms with van der Waals surface area (Å²) in [4.78, 5) is 3.25. The molecule has 0 radical (unpaired) electrons. The molecule has 0 saturated heterocycles. The second-order valence-corrected chi connectivity index (χ2v) is 5.51. The van der Waals surface area contributed by atoms with Crippen LogP contribution in [0.5, 0.6) is 0 Å². The quantitative estimate of drug-likeness (QED) is 0.518. The molecular weight excluding hydrogens is 284 g/mol. The number of hydrazine groups is 1. The molecule has 1 aromatic carbocycles. The normalized spacial score (nSPS) is 15.2. The van der Waals surface area contributed by atoms with E-state index in [1.54, 1.807) is 12.1 Å². The summed E-state index contributed by atoms with van der Waals surface area (Å²) in [6, 6.07) is 4.52. The Balaban J connectivity index is 2.40. The molecule has 7 heteroatoms. The first kappa shape index (κ1) is 13.0. The largest absolute Gasteiger partial charge is 0.260 e. The van der Waals surface area contributed by atoms with Gasteiger partial charge in [0.05, 0.1) is 12.2 Å². The van der Waals surface area contributed by atoms with E-state index in [2.05, 4.69) is 4.99 Å². The summed E-state index contributed by atoms with van der Waals surface area (Å²) in [6.45, 7) is 0.712. The molecule has 1 heterocycles. The molecule has 1 aliphatic heterocycles. The maximum absolute atomic E-state index is 13.7. The van der Waals surface area contributed by atoms with E-state index in [4.69, 9.17) is 29.0 Å². The average Bonchev–Trinajstić information content (AvgIpc) is 2.80. The smallest absolute Gasteiger partial charge is 0.178 e. The van der Waals surface area contributed by atoms with Crippen LogP contribution in [0, 0.1) is 5.82 Å². The Hall–Kier alpha value is -0.490. The first-order chi connectivity index (χ1) is 8.11. The lowest BCUT2D eigenvalue weighted by atomic mass is 10.2. The van der Waals surface area contributed by atoms with Crippen molar-refractivity contribution >= 4 is 45.8 Å². The minimum atomic E-state index is -0.968. The lowest BCUT2D eigenvalue weighted by molar-refractivity contribution is 0.616. The molecule has 0 unspecified atom stereocenters. The standard InChI is InChI=1S/C10H10Cl2FN3S/c11-9(12)8-6(13)2-1-3-7(8)16(14)10-15-4-5-17-10/h1-3,9H,4-5,14H2. The van der Waals surface area contributed by atoms with Crippen LogP contribution in [0.4, 0.5) is 10.1 Å². The Morgan fingerprint density at radius 2 is 2.24 bits per heavy atom. The maximum atomic E-state index is 13.7. The summed E-state index contributed by atoms with van der Waals surface area (Å²) < 4.78 is 13.7. The first-order valence-corrected chi connectivity index (χ1v) is 6.75. The van der Waals surface area contributed by atoms with Crippen molar-refractivity contribution in [2.24, 2.45) is 10.8 Å². The van der Waals surface area contributed by atoms with Gasteiger partial charge in [-0.1, -0.05) is 41.0 Å². The van der Waals surface area contributed by atoms with Crippen molar-refractivity contribution in [2.75, 3.05) is 17.3 Å². The van der Waals surface area contributed by atoms with Gasteiger partial charge in [0.25, 0.3) is 0 Å². The highest BCUT2D eigenvalue weighted by atomic mass is 35.5. The third-order valence-corrected chi connectivity index (χ3v) is 3.69. The molecule has 0 aromatic heterocycles. The number of rotatable bonds is 2. The highest BCUT2D eigenvalue weighted by Crippen LogP contribution is 2.35. The van der Waals surface area contributed by atoms with Gasteiger partial charge in [0.15, 0.2) is 5.17 Å². The molecule has 0 amide bonds. The summed E-state index contributed by atoms with van der Waals surface area (Å²) in [5.74, 6) is 6.30. The van der Waals surface area contributed by atoms with E-state index in [0.717, 1.165) is 5.75 Å². The Bertz CT molecular complexity index is 453. The molecule has 1 aromatic rings. The molecule has 2 N–H and O–H groups in total. The SMILES string of the molecule is NN(C1=NCCS1)c1cccc(F)c1C(Cl)Cl. The number of aliphatic imine (C=N–C) groups is 1. The number of halogens is 3. The fraction of sp³-hybridized carbons (Fsp3) is 0.300. The van der Waals surface area contributed by atoms with E-state index in [-0.39, 0.29) is 5.56 Å². The number of hydrogen-bond donors (Lipinski definition) is 1. The van der Waals surface area contributed by atoms with E-state index in [1.807, 2.05) is 0 Å². The van der Waals surface area contributed by atoms with Crippen LogP contribution in [0.2, 0.25) is 0 Å². The predicted molar refractivity (Wildman–Crippen MR) is 72.3 cm³/mol. The van der Waals surface area contributed by atoms with Crippen molar-refractivity contribution < 1.29 is 4.39 Å². The van der Waals surface area contributed by atoms with Gasteiger partial charge < -0.3 is 0 Å². The van der Waals surface area contributed by atoms with Crippen molar-refractivity contribution in [2.45, 2.75) is 4.84 Å². The number of thioether (sulfide) groups is 1. The molecule has 1 aliphatic rings. The molecule has 3 nitrogen and oxygen atoms in total. The highest BCUT2D eigenvalue weighted by Gasteiger charge is 2.22. The van der Waals surface area contributed by atoms with Crippen molar-refractivity contribution in [1.29, 1.82) is 0 Å². The third-order valence-electron chi connectivity index (χ3n) is 2.28.